The predicted octanol–water partition coefficient (Wildman–Crippen LogP) is 0.903. The van der Waals surface area contributed by atoms with Gasteiger partial charge in [0.25, 0.3) is 0 Å². The summed E-state index contributed by atoms with van der Waals surface area (Å²) in [6.07, 6.45) is 4.02. The Morgan fingerprint density at radius 2 is 2.17 bits per heavy atom. The maximum atomic E-state index is 8.72. The molecule has 74 valence electrons. The molecule has 0 amide bonds. The molecule has 0 heterocycles. The van der Waals surface area contributed by atoms with Crippen molar-refractivity contribution in [1.29, 1.82) is 0 Å². The van der Waals surface area contributed by atoms with Crippen molar-refractivity contribution in [2.45, 2.75) is 38.7 Å². The van der Waals surface area contributed by atoms with Gasteiger partial charge in [0.1, 0.15) is 0 Å². The van der Waals surface area contributed by atoms with E-state index in [1.54, 1.807) is 0 Å². The fourth-order valence-corrected chi connectivity index (χ4v) is 1.11. The zero-order valence-corrected chi connectivity index (χ0v) is 7.96. The fourth-order valence-electron chi connectivity index (χ4n) is 1.11. The van der Waals surface area contributed by atoms with Crippen LogP contribution < -0.4 is 5.73 Å². The summed E-state index contributed by atoms with van der Waals surface area (Å²) in [5.41, 5.74) is 5.33. The van der Waals surface area contributed by atoms with Crippen LogP contribution in [0.2, 0.25) is 0 Å². The summed E-state index contributed by atoms with van der Waals surface area (Å²) in [7, 11) is 0. The van der Waals surface area contributed by atoms with Gasteiger partial charge in [0, 0.05) is 13.2 Å². The van der Waals surface area contributed by atoms with Crippen LogP contribution in [-0.2, 0) is 4.74 Å². The normalized spacial score (nSPS) is 13.2. The molecule has 0 saturated heterocycles. The van der Waals surface area contributed by atoms with E-state index in [1.807, 2.05) is 0 Å². The van der Waals surface area contributed by atoms with Crippen LogP contribution in [0.3, 0.4) is 0 Å². The average molecular weight is 175 g/mol. The van der Waals surface area contributed by atoms with Gasteiger partial charge < -0.3 is 15.6 Å². The monoisotopic (exact) mass is 175 g/mol. The molecular weight excluding hydrogens is 154 g/mol. The zero-order valence-electron chi connectivity index (χ0n) is 7.96. The van der Waals surface area contributed by atoms with E-state index < -0.39 is 0 Å². The molecule has 3 N–H and O–H groups in total. The SMILES string of the molecule is CCC[C@@H](CCO)OCCCN. The van der Waals surface area contributed by atoms with Crippen molar-refractivity contribution in [1.82, 2.24) is 0 Å². The molecule has 3 heteroatoms. The topological polar surface area (TPSA) is 55.5 Å². The van der Waals surface area contributed by atoms with Crippen LogP contribution >= 0.6 is 0 Å². The third-order valence-corrected chi connectivity index (χ3v) is 1.76. The van der Waals surface area contributed by atoms with Gasteiger partial charge in [-0.25, -0.2) is 0 Å². The molecule has 0 spiro atoms. The molecule has 0 aromatic heterocycles. The molecule has 0 aliphatic rings. The van der Waals surface area contributed by atoms with Crippen LogP contribution in [0.15, 0.2) is 0 Å². The maximum absolute atomic E-state index is 8.72. The van der Waals surface area contributed by atoms with Crippen molar-refractivity contribution < 1.29 is 9.84 Å². The first kappa shape index (κ1) is 11.9. The Hall–Kier alpha value is -0.120. The molecular formula is C9H21NO2. The molecule has 0 saturated carbocycles. The number of hydrogen-bond acceptors (Lipinski definition) is 3. The van der Waals surface area contributed by atoms with Crippen molar-refractivity contribution >= 4 is 0 Å². The lowest BCUT2D eigenvalue weighted by Crippen LogP contribution is -2.16. The first-order valence-corrected chi connectivity index (χ1v) is 4.77. The molecule has 0 aliphatic heterocycles. The van der Waals surface area contributed by atoms with Gasteiger partial charge in [0.05, 0.1) is 6.10 Å². The summed E-state index contributed by atoms with van der Waals surface area (Å²) in [5.74, 6) is 0. The van der Waals surface area contributed by atoms with Crippen molar-refractivity contribution in [2.75, 3.05) is 19.8 Å². The molecule has 0 unspecified atom stereocenters. The Labute approximate surface area is 74.9 Å². The fraction of sp³-hybridized carbons (Fsp3) is 1.00. The molecule has 0 aromatic rings. The summed E-state index contributed by atoms with van der Waals surface area (Å²) in [5, 5.41) is 8.72. The average Bonchev–Trinajstić information content (AvgIpc) is 2.06. The van der Waals surface area contributed by atoms with E-state index in [1.165, 1.54) is 0 Å². The van der Waals surface area contributed by atoms with Crippen molar-refractivity contribution in [3.63, 3.8) is 0 Å². The zero-order chi connectivity index (χ0) is 9.23. The second-order valence-electron chi connectivity index (χ2n) is 2.94. The van der Waals surface area contributed by atoms with Gasteiger partial charge in [0.2, 0.25) is 0 Å². The van der Waals surface area contributed by atoms with Crippen LogP contribution in [0, 0.1) is 0 Å². The van der Waals surface area contributed by atoms with Gasteiger partial charge in [-0.2, -0.15) is 0 Å². The van der Waals surface area contributed by atoms with E-state index in [-0.39, 0.29) is 12.7 Å². The van der Waals surface area contributed by atoms with Gasteiger partial charge in [0.15, 0.2) is 0 Å². The Morgan fingerprint density at radius 1 is 1.42 bits per heavy atom. The number of rotatable bonds is 8. The first-order valence-electron chi connectivity index (χ1n) is 4.77. The molecule has 3 nitrogen and oxygen atoms in total. The second kappa shape index (κ2) is 8.97. The van der Waals surface area contributed by atoms with E-state index in [0.29, 0.717) is 6.54 Å². The minimum absolute atomic E-state index is 0.216. The van der Waals surface area contributed by atoms with Crippen molar-refractivity contribution in [3.8, 4) is 0 Å². The van der Waals surface area contributed by atoms with Crippen LogP contribution in [0.4, 0.5) is 0 Å². The predicted molar refractivity (Wildman–Crippen MR) is 50.0 cm³/mol. The lowest BCUT2D eigenvalue weighted by atomic mass is 10.1. The van der Waals surface area contributed by atoms with Crippen LogP contribution in [0.5, 0.6) is 0 Å². The van der Waals surface area contributed by atoms with E-state index in [9.17, 15) is 0 Å². The molecule has 0 fully saturated rings. The van der Waals surface area contributed by atoms with Crippen LogP contribution in [-0.4, -0.2) is 31.0 Å². The highest BCUT2D eigenvalue weighted by Gasteiger charge is 2.05. The van der Waals surface area contributed by atoms with Crippen LogP contribution in [0.1, 0.15) is 32.6 Å². The largest absolute Gasteiger partial charge is 0.396 e. The van der Waals surface area contributed by atoms with E-state index in [2.05, 4.69) is 6.92 Å². The lowest BCUT2D eigenvalue weighted by molar-refractivity contribution is 0.0295. The van der Waals surface area contributed by atoms with Gasteiger partial charge in [-0.15, -0.1) is 0 Å². The quantitative estimate of drug-likeness (QED) is 0.539. The molecule has 1 atom stereocenters. The summed E-state index contributed by atoms with van der Waals surface area (Å²) < 4.78 is 5.52. The highest BCUT2D eigenvalue weighted by Crippen LogP contribution is 2.06. The number of nitrogens with two attached hydrogens (primary N) is 1. The second-order valence-corrected chi connectivity index (χ2v) is 2.94. The van der Waals surface area contributed by atoms with E-state index in [0.717, 1.165) is 32.3 Å². The smallest absolute Gasteiger partial charge is 0.0596 e. The Kier molecular flexibility index (Phi) is 8.88. The van der Waals surface area contributed by atoms with Gasteiger partial charge in [-0.3, -0.25) is 0 Å². The molecule has 0 aromatic carbocycles. The summed E-state index contributed by atoms with van der Waals surface area (Å²) >= 11 is 0. The molecule has 0 rings (SSSR count). The van der Waals surface area contributed by atoms with Gasteiger partial charge in [-0.1, -0.05) is 13.3 Å². The maximum Gasteiger partial charge on any atom is 0.0596 e. The molecule has 0 aliphatic carbocycles. The number of ether oxygens (including phenoxy) is 1. The molecule has 0 bridgehead atoms. The third kappa shape index (κ3) is 6.58. The Balaban J connectivity index is 3.34. The lowest BCUT2D eigenvalue weighted by Gasteiger charge is -2.15. The Bertz CT molecular complexity index is 82.6. The van der Waals surface area contributed by atoms with Gasteiger partial charge in [-0.05, 0) is 25.8 Å². The Morgan fingerprint density at radius 3 is 2.67 bits per heavy atom. The first-order chi connectivity index (χ1) is 5.85. The number of aliphatic hydroxyl groups excluding tert-OH is 1. The minimum Gasteiger partial charge on any atom is -0.396 e. The summed E-state index contributed by atoms with van der Waals surface area (Å²) in [6.45, 7) is 3.74. The summed E-state index contributed by atoms with van der Waals surface area (Å²) in [6, 6.07) is 0. The third-order valence-electron chi connectivity index (χ3n) is 1.76. The standard InChI is InChI=1S/C9H21NO2/c1-2-4-9(5-7-11)12-8-3-6-10/h9,11H,2-8,10H2,1H3/t9-/m0/s1. The number of aliphatic hydroxyl groups is 1. The minimum atomic E-state index is 0.216. The van der Waals surface area contributed by atoms with E-state index in [4.69, 9.17) is 15.6 Å². The highest BCUT2D eigenvalue weighted by atomic mass is 16.5. The van der Waals surface area contributed by atoms with Crippen molar-refractivity contribution in [2.24, 2.45) is 5.73 Å². The number of hydrogen-bond donors (Lipinski definition) is 2. The van der Waals surface area contributed by atoms with E-state index >= 15 is 0 Å². The molecule has 12 heavy (non-hydrogen) atoms. The summed E-state index contributed by atoms with van der Waals surface area (Å²) in [4.78, 5) is 0. The molecule has 0 radical (unpaired) electrons. The van der Waals surface area contributed by atoms with Gasteiger partial charge >= 0.3 is 0 Å². The highest BCUT2D eigenvalue weighted by molar-refractivity contribution is 4.56. The van der Waals surface area contributed by atoms with Crippen molar-refractivity contribution in [3.05, 3.63) is 0 Å². The van der Waals surface area contributed by atoms with Crippen LogP contribution in [0.25, 0.3) is 0 Å².